The molecule has 3 heteroatoms. The second-order valence-corrected chi connectivity index (χ2v) is 5.14. The van der Waals surface area contributed by atoms with E-state index in [4.69, 9.17) is 5.73 Å². The lowest BCUT2D eigenvalue weighted by Crippen LogP contribution is -2.02. The molecule has 1 rings (SSSR count). The van der Waals surface area contributed by atoms with Gasteiger partial charge in [0.15, 0.2) is 0 Å². The zero-order valence-electron chi connectivity index (χ0n) is 8.42. The van der Waals surface area contributed by atoms with E-state index in [1.165, 1.54) is 27.1 Å². The number of rotatable bonds is 5. The molecule has 0 aliphatic carbocycles. The van der Waals surface area contributed by atoms with E-state index >= 15 is 0 Å². The van der Waals surface area contributed by atoms with E-state index in [1.807, 2.05) is 11.8 Å². The summed E-state index contributed by atoms with van der Waals surface area (Å²) in [6.45, 7) is 2.91. The second-order valence-electron chi connectivity index (χ2n) is 3.15. The summed E-state index contributed by atoms with van der Waals surface area (Å²) >= 11 is 5.48. The van der Waals surface area contributed by atoms with Crippen molar-refractivity contribution in [3.05, 3.63) is 28.2 Å². The Kier molecular flexibility index (Phi) is 5.60. The molecule has 0 radical (unpaired) electrons. The molecule has 14 heavy (non-hydrogen) atoms. The summed E-state index contributed by atoms with van der Waals surface area (Å²) < 4.78 is 1.20. The minimum absolute atomic E-state index is 0.716. The molecule has 0 aromatic heterocycles. The maximum absolute atomic E-state index is 5.51. The van der Waals surface area contributed by atoms with Crippen LogP contribution >= 0.6 is 27.7 Å². The summed E-state index contributed by atoms with van der Waals surface area (Å²) in [6.07, 6.45) is 2.17. The minimum Gasteiger partial charge on any atom is -0.330 e. The first kappa shape index (κ1) is 12.1. The Labute approximate surface area is 98.6 Å². The van der Waals surface area contributed by atoms with E-state index in [0.717, 1.165) is 6.42 Å². The maximum Gasteiger partial charge on any atom is 0.0313 e. The van der Waals surface area contributed by atoms with Gasteiger partial charge in [0.25, 0.3) is 0 Å². The molecule has 0 saturated carbocycles. The van der Waals surface area contributed by atoms with Crippen LogP contribution in [0.3, 0.4) is 0 Å². The van der Waals surface area contributed by atoms with Crippen LogP contribution in [-0.2, 0) is 6.42 Å². The fourth-order valence-corrected chi connectivity index (χ4v) is 2.75. The van der Waals surface area contributed by atoms with Crippen molar-refractivity contribution in [2.45, 2.75) is 24.7 Å². The largest absolute Gasteiger partial charge is 0.330 e. The highest BCUT2D eigenvalue weighted by Crippen LogP contribution is 2.28. The molecule has 0 aliphatic rings. The average Bonchev–Trinajstić information content (AvgIpc) is 2.17. The van der Waals surface area contributed by atoms with Crippen LogP contribution in [0.1, 0.15) is 18.9 Å². The van der Waals surface area contributed by atoms with E-state index in [1.54, 1.807) is 0 Å². The highest BCUT2D eigenvalue weighted by molar-refractivity contribution is 9.10. The predicted octanol–water partition coefficient (Wildman–Crippen LogP) is 3.45. The topological polar surface area (TPSA) is 26.0 Å². The Morgan fingerprint density at radius 1 is 1.43 bits per heavy atom. The molecule has 0 aliphatic heterocycles. The molecule has 1 aromatic rings. The number of thioether (sulfide) groups is 1. The molecule has 0 saturated heterocycles. The smallest absolute Gasteiger partial charge is 0.0313 e. The van der Waals surface area contributed by atoms with E-state index in [0.29, 0.717) is 6.54 Å². The van der Waals surface area contributed by atoms with Gasteiger partial charge in [0.1, 0.15) is 0 Å². The van der Waals surface area contributed by atoms with Gasteiger partial charge in [-0.15, -0.1) is 11.8 Å². The Balaban J connectivity index is 2.68. The third-order valence-electron chi connectivity index (χ3n) is 1.89. The van der Waals surface area contributed by atoms with Crippen LogP contribution in [0.2, 0.25) is 0 Å². The van der Waals surface area contributed by atoms with E-state index in [-0.39, 0.29) is 0 Å². The summed E-state index contributed by atoms with van der Waals surface area (Å²) in [5.74, 6) is 1.18. The molecule has 0 unspecified atom stereocenters. The van der Waals surface area contributed by atoms with Crippen LogP contribution in [0.15, 0.2) is 27.6 Å². The van der Waals surface area contributed by atoms with Crippen molar-refractivity contribution in [1.82, 2.24) is 0 Å². The molecule has 0 bridgehead atoms. The number of benzene rings is 1. The molecule has 0 amide bonds. The molecule has 1 aromatic carbocycles. The molecule has 78 valence electrons. The van der Waals surface area contributed by atoms with Crippen LogP contribution in [0.5, 0.6) is 0 Å². The Morgan fingerprint density at radius 3 is 2.79 bits per heavy atom. The summed E-state index contributed by atoms with van der Waals surface area (Å²) in [5, 5.41) is 0. The van der Waals surface area contributed by atoms with Crippen LogP contribution in [-0.4, -0.2) is 12.3 Å². The van der Waals surface area contributed by atoms with Gasteiger partial charge in [-0.2, -0.15) is 0 Å². The van der Waals surface area contributed by atoms with Crippen molar-refractivity contribution in [3.63, 3.8) is 0 Å². The highest BCUT2D eigenvalue weighted by Gasteiger charge is 2.01. The van der Waals surface area contributed by atoms with Gasteiger partial charge >= 0.3 is 0 Å². The highest BCUT2D eigenvalue weighted by atomic mass is 79.9. The van der Waals surface area contributed by atoms with Gasteiger partial charge in [-0.3, -0.25) is 0 Å². The minimum atomic E-state index is 0.716. The van der Waals surface area contributed by atoms with Gasteiger partial charge < -0.3 is 5.73 Å². The van der Waals surface area contributed by atoms with E-state index in [2.05, 4.69) is 41.1 Å². The third-order valence-corrected chi connectivity index (χ3v) is 4.09. The molecular formula is C11H16BrNS. The Bertz CT molecular complexity index is 289. The van der Waals surface area contributed by atoms with Crippen molar-refractivity contribution in [2.75, 3.05) is 12.3 Å². The van der Waals surface area contributed by atoms with Crippen LogP contribution in [0.4, 0.5) is 0 Å². The first-order valence-corrected chi connectivity index (χ1v) is 6.67. The Hall–Kier alpha value is 0.01000. The first-order chi connectivity index (χ1) is 6.77. The monoisotopic (exact) mass is 273 g/mol. The summed E-state index contributed by atoms with van der Waals surface area (Å²) in [4.78, 5) is 1.33. The van der Waals surface area contributed by atoms with Gasteiger partial charge in [-0.1, -0.05) is 13.0 Å². The maximum atomic E-state index is 5.51. The summed E-state index contributed by atoms with van der Waals surface area (Å²) in [7, 11) is 0. The van der Waals surface area contributed by atoms with Crippen molar-refractivity contribution >= 4 is 27.7 Å². The lowest BCUT2D eigenvalue weighted by atomic mass is 10.2. The SMILES string of the molecule is CCCSc1ccc(CCN)cc1Br. The number of nitrogens with two attached hydrogens (primary N) is 1. The average molecular weight is 274 g/mol. The summed E-state index contributed by atoms with van der Waals surface area (Å²) in [5.41, 5.74) is 6.81. The molecule has 0 fully saturated rings. The van der Waals surface area contributed by atoms with E-state index in [9.17, 15) is 0 Å². The molecular weight excluding hydrogens is 258 g/mol. The predicted molar refractivity (Wildman–Crippen MR) is 67.9 cm³/mol. The van der Waals surface area contributed by atoms with Gasteiger partial charge in [0, 0.05) is 9.37 Å². The Morgan fingerprint density at radius 2 is 2.21 bits per heavy atom. The standard InChI is InChI=1S/C11H16BrNS/c1-2-7-14-11-4-3-9(5-6-13)8-10(11)12/h3-4,8H,2,5-7,13H2,1H3. The zero-order valence-corrected chi connectivity index (χ0v) is 10.8. The zero-order chi connectivity index (χ0) is 10.4. The summed E-state index contributed by atoms with van der Waals surface area (Å²) in [6, 6.07) is 6.51. The first-order valence-electron chi connectivity index (χ1n) is 4.89. The fraction of sp³-hybridized carbons (Fsp3) is 0.455. The quantitative estimate of drug-likeness (QED) is 0.832. The molecule has 0 spiro atoms. The van der Waals surface area contributed by atoms with E-state index < -0.39 is 0 Å². The molecule has 0 atom stereocenters. The molecule has 1 nitrogen and oxygen atoms in total. The molecule has 0 heterocycles. The van der Waals surface area contributed by atoms with Gasteiger partial charge in [-0.05, 0) is 58.8 Å². The molecule has 2 N–H and O–H groups in total. The number of hydrogen-bond donors (Lipinski definition) is 1. The number of halogens is 1. The fourth-order valence-electron chi connectivity index (χ4n) is 1.20. The second kappa shape index (κ2) is 6.49. The van der Waals surface area contributed by atoms with Crippen molar-refractivity contribution in [1.29, 1.82) is 0 Å². The number of hydrogen-bond acceptors (Lipinski definition) is 2. The van der Waals surface area contributed by atoms with Crippen molar-refractivity contribution in [2.24, 2.45) is 5.73 Å². The van der Waals surface area contributed by atoms with Gasteiger partial charge in [0.05, 0.1) is 0 Å². The van der Waals surface area contributed by atoms with Crippen LogP contribution in [0.25, 0.3) is 0 Å². The van der Waals surface area contributed by atoms with Gasteiger partial charge in [-0.25, -0.2) is 0 Å². The van der Waals surface area contributed by atoms with Crippen molar-refractivity contribution in [3.8, 4) is 0 Å². The lowest BCUT2D eigenvalue weighted by molar-refractivity contribution is 0.964. The van der Waals surface area contributed by atoms with Crippen LogP contribution in [0, 0.1) is 0 Å². The normalized spacial score (nSPS) is 10.5. The van der Waals surface area contributed by atoms with Crippen molar-refractivity contribution < 1.29 is 0 Å². The lowest BCUT2D eigenvalue weighted by Gasteiger charge is -2.05. The third kappa shape index (κ3) is 3.64. The van der Waals surface area contributed by atoms with Crippen LogP contribution < -0.4 is 5.73 Å². The van der Waals surface area contributed by atoms with Gasteiger partial charge in [0.2, 0.25) is 0 Å².